The van der Waals surface area contributed by atoms with Crippen molar-refractivity contribution in [2.75, 3.05) is 25.0 Å². The number of aliphatic carboxylic acids is 1. The fourth-order valence-electron chi connectivity index (χ4n) is 4.46. The molecule has 1 fully saturated rings. The zero-order chi connectivity index (χ0) is 31.4. The summed E-state index contributed by atoms with van der Waals surface area (Å²) in [6.45, 7) is 2.81. The van der Waals surface area contributed by atoms with Crippen LogP contribution < -0.4 is 15.4 Å². The minimum Gasteiger partial charge on any atom is -0.479 e. The Hall–Kier alpha value is -4.04. The van der Waals surface area contributed by atoms with Gasteiger partial charge in [-0.1, -0.05) is 31.0 Å². The van der Waals surface area contributed by atoms with E-state index >= 15 is 0 Å². The number of carbonyl (C=O) groups excluding carboxylic acids is 3. The number of carboxylic acids is 1. The highest BCUT2D eigenvalue weighted by Gasteiger charge is 2.48. The maximum atomic E-state index is 12.5. The molecule has 3 rings (SSSR count). The zero-order valence-electron chi connectivity index (χ0n) is 23.9. The van der Waals surface area contributed by atoms with Gasteiger partial charge in [-0.15, -0.1) is 0 Å². The third kappa shape index (κ3) is 10.3. The Morgan fingerprint density at radius 2 is 1.53 bits per heavy atom. The van der Waals surface area contributed by atoms with Crippen LogP contribution >= 0.6 is 0 Å². The van der Waals surface area contributed by atoms with Gasteiger partial charge in [0, 0.05) is 44.2 Å². The van der Waals surface area contributed by atoms with E-state index in [1.807, 2.05) is 18.2 Å². The van der Waals surface area contributed by atoms with Crippen molar-refractivity contribution in [2.45, 2.75) is 69.7 Å². The molecule has 0 aliphatic carbocycles. The number of nitrogens with one attached hydrogen (secondary N) is 2. The van der Waals surface area contributed by atoms with Crippen LogP contribution in [-0.2, 0) is 19.1 Å². The molecular weight excluding hydrogens is 562 g/mol. The van der Waals surface area contributed by atoms with Gasteiger partial charge in [0.1, 0.15) is 24.1 Å². The molecule has 234 valence electrons. The normalized spacial score (nSPS) is 21.4. The van der Waals surface area contributed by atoms with E-state index in [0.29, 0.717) is 24.3 Å². The summed E-state index contributed by atoms with van der Waals surface area (Å²) in [4.78, 5) is 49.5. The lowest BCUT2D eigenvalue weighted by Crippen LogP contribution is -2.61. The van der Waals surface area contributed by atoms with Crippen molar-refractivity contribution in [3.8, 4) is 5.75 Å². The van der Waals surface area contributed by atoms with E-state index in [4.69, 9.17) is 14.6 Å². The summed E-state index contributed by atoms with van der Waals surface area (Å²) in [5.74, 6) is -1.88. The molecule has 2 aromatic rings. The predicted molar refractivity (Wildman–Crippen MR) is 154 cm³/mol. The quantitative estimate of drug-likeness (QED) is 0.161. The van der Waals surface area contributed by atoms with Gasteiger partial charge >= 0.3 is 5.97 Å². The summed E-state index contributed by atoms with van der Waals surface area (Å²) in [5.41, 5.74) is 1.07. The van der Waals surface area contributed by atoms with Gasteiger partial charge in [0.15, 0.2) is 6.10 Å². The molecule has 13 nitrogen and oxygen atoms in total. The van der Waals surface area contributed by atoms with Gasteiger partial charge in [-0.3, -0.25) is 14.4 Å². The summed E-state index contributed by atoms with van der Waals surface area (Å²) >= 11 is 0. The Labute approximate surface area is 249 Å². The Bertz CT molecular complexity index is 1210. The number of rotatable bonds is 15. The smallest absolute Gasteiger partial charge is 0.335 e. The van der Waals surface area contributed by atoms with E-state index in [0.717, 1.165) is 25.7 Å². The summed E-state index contributed by atoms with van der Waals surface area (Å²) in [7, 11) is 0. The highest BCUT2D eigenvalue weighted by atomic mass is 16.7. The lowest BCUT2D eigenvalue weighted by molar-refractivity contribution is -0.271. The van der Waals surface area contributed by atoms with Gasteiger partial charge in [-0.05, 0) is 49.2 Å². The molecule has 0 aromatic heterocycles. The summed E-state index contributed by atoms with van der Waals surface area (Å²) in [6, 6.07) is 15.0. The highest BCUT2D eigenvalue weighted by Crippen LogP contribution is 2.25. The number of benzene rings is 2. The molecule has 0 radical (unpaired) electrons. The zero-order valence-corrected chi connectivity index (χ0v) is 23.9. The first-order valence-electron chi connectivity index (χ1n) is 14.1. The van der Waals surface area contributed by atoms with E-state index in [1.54, 1.807) is 17.0 Å². The number of amides is 3. The second-order valence-corrected chi connectivity index (χ2v) is 10.2. The molecule has 13 heteroatoms. The average Bonchev–Trinajstić information content (AvgIpc) is 2.99. The monoisotopic (exact) mass is 601 g/mol. The van der Waals surface area contributed by atoms with Gasteiger partial charge in [0.05, 0.1) is 0 Å². The van der Waals surface area contributed by atoms with E-state index in [9.17, 15) is 34.5 Å². The van der Waals surface area contributed by atoms with Crippen LogP contribution in [0.15, 0.2) is 54.6 Å². The highest BCUT2D eigenvalue weighted by molar-refractivity contribution is 5.94. The third-order valence-electron chi connectivity index (χ3n) is 6.93. The van der Waals surface area contributed by atoms with E-state index in [2.05, 4.69) is 10.6 Å². The van der Waals surface area contributed by atoms with Crippen molar-refractivity contribution in [3.63, 3.8) is 0 Å². The molecule has 0 saturated carbocycles. The first-order valence-corrected chi connectivity index (χ1v) is 14.1. The minimum atomic E-state index is -1.82. The van der Waals surface area contributed by atoms with Crippen molar-refractivity contribution < 1.29 is 49.1 Å². The van der Waals surface area contributed by atoms with E-state index in [-0.39, 0.29) is 36.4 Å². The summed E-state index contributed by atoms with van der Waals surface area (Å²) < 4.78 is 10.5. The fourth-order valence-corrected chi connectivity index (χ4v) is 4.46. The van der Waals surface area contributed by atoms with Crippen LogP contribution in [0, 0.1) is 0 Å². The Kier molecular flexibility index (Phi) is 12.9. The number of aliphatic hydroxyl groups is 3. The predicted octanol–water partition coefficient (Wildman–Crippen LogP) is 1.13. The molecule has 1 heterocycles. The van der Waals surface area contributed by atoms with Gasteiger partial charge in [0.2, 0.25) is 18.1 Å². The number of hydrogen-bond acceptors (Lipinski definition) is 9. The van der Waals surface area contributed by atoms with Crippen molar-refractivity contribution in [1.29, 1.82) is 0 Å². The number of carbonyl (C=O) groups is 4. The molecule has 3 amide bonds. The topological polar surface area (TPSA) is 195 Å². The Morgan fingerprint density at radius 3 is 2.19 bits per heavy atom. The maximum Gasteiger partial charge on any atom is 0.335 e. The van der Waals surface area contributed by atoms with Gasteiger partial charge < -0.3 is 45.4 Å². The van der Waals surface area contributed by atoms with Crippen LogP contribution in [0.3, 0.4) is 0 Å². The van der Waals surface area contributed by atoms with Crippen molar-refractivity contribution in [2.24, 2.45) is 0 Å². The Morgan fingerprint density at radius 1 is 0.860 bits per heavy atom. The van der Waals surface area contributed by atoms with Gasteiger partial charge in [-0.25, -0.2) is 4.79 Å². The van der Waals surface area contributed by atoms with Crippen LogP contribution in [0.4, 0.5) is 5.69 Å². The Balaban J connectivity index is 1.35. The molecule has 0 bridgehead atoms. The van der Waals surface area contributed by atoms with Crippen LogP contribution in [-0.4, -0.2) is 99.4 Å². The number of anilines is 1. The fraction of sp³-hybridized carbons (Fsp3) is 0.467. The van der Waals surface area contributed by atoms with Gasteiger partial charge in [0.25, 0.3) is 5.91 Å². The molecule has 1 aliphatic rings. The lowest BCUT2D eigenvalue weighted by atomic mass is 9.99. The van der Waals surface area contributed by atoms with Crippen LogP contribution in [0.5, 0.6) is 5.75 Å². The standard InChI is InChI=1S/C30H39N3O10/c1-19(34)33(17-8-3-2-7-16-31-28(39)20-9-5-4-6-10-20)18-15-23(35)32-21-11-13-22(14-12-21)42-30-26(38)24(36)25(37)27(43-30)29(40)41/h4-6,9-14,24-27,30,36-38H,2-3,7-8,15-18H2,1H3,(H,31,39)(H,32,35)(H,40,41)/t24-,25-,26+,27-,30+/m0/s1. The van der Waals surface area contributed by atoms with Crippen LogP contribution in [0.25, 0.3) is 0 Å². The first-order chi connectivity index (χ1) is 20.6. The molecule has 5 atom stereocenters. The van der Waals surface area contributed by atoms with Crippen molar-refractivity contribution >= 4 is 29.4 Å². The number of ether oxygens (including phenoxy) is 2. The molecule has 2 aromatic carbocycles. The molecule has 0 spiro atoms. The number of nitrogens with zero attached hydrogens (tertiary/aromatic N) is 1. The second kappa shape index (κ2) is 16.6. The van der Waals surface area contributed by atoms with Crippen molar-refractivity contribution in [3.05, 3.63) is 60.2 Å². The first kappa shape index (κ1) is 33.5. The number of carboxylic acid groups (broad SMARTS) is 1. The molecular formula is C30H39N3O10. The van der Waals surface area contributed by atoms with Gasteiger partial charge in [-0.2, -0.15) is 0 Å². The van der Waals surface area contributed by atoms with Crippen LogP contribution in [0.1, 0.15) is 49.4 Å². The lowest BCUT2D eigenvalue weighted by Gasteiger charge is -2.38. The number of aliphatic hydroxyl groups excluding tert-OH is 3. The largest absolute Gasteiger partial charge is 0.479 e. The SMILES string of the molecule is CC(=O)N(CCCCCCNC(=O)c1ccccc1)CCC(=O)Nc1ccc(O[C@@H]2O[C@H](C(=O)O)[C@@H](O)[C@H](O)[C@H]2O)cc1. The van der Waals surface area contributed by atoms with E-state index in [1.165, 1.54) is 31.2 Å². The molecule has 0 unspecified atom stereocenters. The molecule has 1 saturated heterocycles. The summed E-state index contributed by atoms with van der Waals surface area (Å²) in [5, 5.41) is 44.5. The van der Waals surface area contributed by atoms with Crippen LogP contribution in [0.2, 0.25) is 0 Å². The molecule has 43 heavy (non-hydrogen) atoms. The van der Waals surface area contributed by atoms with E-state index < -0.39 is 36.7 Å². The number of hydrogen-bond donors (Lipinski definition) is 6. The maximum absolute atomic E-state index is 12.5. The minimum absolute atomic E-state index is 0.0856. The molecule has 1 aliphatic heterocycles. The van der Waals surface area contributed by atoms with Crippen molar-refractivity contribution in [1.82, 2.24) is 10.2 Å². The second-order valence-electron chi connectivity index (χ2n) is 10.2. The third-order valence-corrected chi connectivity index (χ3v) is 6.93. The molecule has 6 N–H and O–H groups in total. The summed E-state index contributed by atoms with van der Waals surface area (Å²) in [6.07, 6.45) is -5.16. The average molecular weight is 602 g/mol. The number of unbranched alkanes of at least 4 members (excludes halogenated alkanes) is 3.